The first-order valence-corrected chi connectivity index (χ1v) is 5.38. The van der Waals surface area contributed by atoms with E-state index < -0.39 is 0 Å². The van der Waals surface area contributed by atoms with Crippen LogP contribution < -0.4 is 0 Å². The van der Waals surface area contributed by atoms with Gasteiger partial charge in [-0.2, -0.15) is 0 Å². The molecule has 0 N–H and O–H groups in total. The van der Waals surface area contributed by atoms with Gasteiger partial charge >= 0.3 is 0 Å². The second kappa shape index (κ2) is 4.08. The largest absolute Gasteiger partial charge is 0.336 e. The summed E-state index contributed by atoms with van der Waals surface area (Å²) in [5, 5.41) is 0. The number of carbonyl (C=O) groups excluding carboxylic acids is 2. The monoisotopic (exact) mass is 221 g/mol. The number of carbonyl (C=O) groups is 2. The van der Waals surface area contributed by atoms with Crippen LogP contribution in [0.3, 0.4) is 0 Å². The Kier molecular flexibility index (Phi) is 2.77. The van der Waals surface area contributed by atoms with Crippen LogP contribution in [-0.2, 0) is 11.8 Å². The molecule has 0 bridgehead atoms. The molecule has 86 valence electrons. The Morgan fingerprint density at radius 2 is 2.31 bits per heavy atom. The SMILES string of the molecule is CC1CN(C(=O)c2cncn2C)CCC1=O. The number of piperidine rings is 1. The summed E-state index contributed by atoms with van der Waals surface area (Å²) in [6.45, 7) is 2.90. The molecule has 1 atom stereocenters. The van der Waals surface area contributed by atoms with E-state index in [1.165, 1.54) is 0 Å². The maximum Gasteiger partial charge on any atom is 0.272 e. The van der Waals surface area contributed by atoms with Gasteiger partial charge in [0.25, 0.3) is 5.91 Å². The van der Waals surface area contributed by atoms with Crippen molar-refractivity contribution in [2.75, 3.05) is 13.1 Å². The van der Waals surface area contributed by atoms with Gasteiger partial charge in [-0.1, -0.05) is 6.92 Å². The Balaban J connectivity index is 2.12. The highest BCUT2D eigenvalue weighted by atomic mass is 16.2. The van der Waals surface area contributed by atoms with Crippen molar-refractivity contribution in [3.8, 4) is 0 Å². The van der Waals surface area contributed by atoms with Crippen molar-refractivity contribution in [1.29, 1.82) is 0 Å². The maximum absolute atomic E-state index is 12.1. The van der Waals surface area contributed by atoms with E-state index in [9.17, 15) is 9.59 Å². The van der Waals surface area contributed by atoms with Crippen LogP contribution >= 0.6 is 0 Å². The zero-order chi connectivity index (χ0) is 11.7. The number of aromatic nitrogens is 2. The van der Waals surface area contributed by atoms with E-state index in [1.54, 1.807) is 29.0 Å². The molecule has 1 amide bonds. The van der Waals surface area contributed by atoms with Crippen molar-refractivity contribution >= 4 is 11.7 Å². The second-order valence-electron chi connectivity index (χ2n) is 4.26. The van der Waals surface area contributed by atoms with E-state index in [1.807, 2.05) is 6.92 Å². The highest BCUT2D eigenvalue weighted by molar-refractivity contribution is 5.94. The summed E-state index contributed by atoms with van der Waals surface area (Å²) in [5.41, 5.74) is 0.571. The van der Waals surface area contributed by atoms with E-state index >= 15 is 0 Å². The van der Waals surface area contributed by atoms with Crippen molar-refractivity contribution in [2.45, 2.75) is 13.3 Å². The van der Waals surface area contributed by atoms with Crippen LogP contribution in [0.2, 0.25) is 0 Å². The summed E-state index contributed by atoms with van der Waals surface area (Å²) in [7, 11) is 1.79. The van der Waals surface area contributed by atoms with Crippen LogP contribution in [-0.4, -0.2) is 39.2 Å². The maximum atomic E-state index is 12.1. The summed E-state index contributed by atoms with van der Waals surface area (Å²) < 4.78 is 1.70. The fraction of sp³-hybridized carbons (Fsp3) is 0.545. The Morgan fingerprint density at radius 1 is 1.56 bits per heavy atom. The Bertz CT molecular complexity index is 425. The average Bonchev–Trinajstić information content (AvgIpc) is 2.67. The molecule has 0 aliphatic carbocycles. The normalized spacial score (nSPS) is 21.2. The molecular weight excluding hydrogens is 206 g/mol. The molecule has 1 aromatic heterocycles. The lowest BCUT2D eigenvalue weighted by molar-refractivity contribution is -0.124. The van der Waals surface area contributed by atoms with Crippen molar-refractivity contribution in [2.24, 2.45) is 13.0 Å². The first-order valence-electron chi connectivity index (χ1n) is 5.38. The van der Waals surface area contributed by atoms with Gasteiger partial charge < -0.3 is 9.47 Å². The van der Waals surface area contributed by atoms with Gasteiger partial charge in [0, 0.05) is 32.5 Å². The van der Waals surface area contributed by atoms with Gasteiger partial charge in [0.2, 0.25) is 0 Å². The van der Waals surface area contributed by atoms with Crippen molar-refractivity contribution in [1.82, 2.24) is 14.5 Å². The first kappa shape index (κ1) is 10.9. The third kappa shape index (κ3) is 1.85. The van der Waals surface area contributed by atoms with Crippen LogP contribution in [0.1, 0.15) is 23.8 Å². The van der Waals surface area contributed by atoms with Crippen molar-refractivity contribution in [3.05, 3.63) is 18.2 Å². The van der Waals surface area contributed by atoms with Crippen LogP contribution in [0.4, 0.5) is 0 Å². The highest BCUT2D eigenvalue weighted by Crippen LogP contribution is 2.14. The molecule has 16 heavy (non-hydrogen) atoms. The van der Waals surface area contributed by atoms with Crippen LogP contribution in [0.25, 0.3) is 0 Å². The molecule has 2 heterocycles. The standard InChI is InChI=1S/C11H15N3O2/c1-8-6-14(4-3-10(8)15)11(16)9-5-12-7-13(9)2/h5,7-8H,3-4,6H2,1-2H3. The predicted molar refractivity (Wildman–Crippen MR) is 57.9 cm³/mol. The molecule has 0 spiro atoms. The van der Waals surface area contributed by atoms with Gasteiger partial charge in [0.1, 0.15) is 11.5 Å². The van der Waals surface area contributed by atoms with E-state index in [0.717, 1.165) is 0 Å². The van der Waals surface area contributed by atoms with Gasteiger partial charge in [0.05, 0.1) is 12.5 Å². The van der Waals surface area contributed by atoms with Crippen LogP contribution in [0.15, 0.2) is 12.5 Å². The number of imidazole rings is 1. The average molecular weight is 221 g/mol. The quantitative estimate of drug-likeness (QED) is 0.692. The van der Waals surface area contributed by atoms with Crippen LogP contribution in [0, 0.1) is 5.92 Å². The molecule has 0 aromatic carbocycles. The van der Waals surface area contributed by atoms with Gasteiger partial charge in [-0.3, -0.25) is 9.59 Å². The number of ketones is 1. The Labute approximate surface area is 94.1 Å². The topological polar surface area (TPSA) is 55.2 Å². The van der Waals surface area contributed by atoms with Gasteiger partial charge in [-0.25, -0.2) is 4.98 Å². The van der Waals surface area contributed by atoms with E-state index in [0.29, 0.717) is 25.2 Å². The minimum absolute atomic E-state index is 0.0423. The van der Waals surface area contributed by atoms with E-state index in [-0.39, 0.29) is 17.6 Å². The lowest BCUT2D eigenvalue weighted by Gasteiger charge is -2.29. The summed E-state index contributed by atoms with van der Waals surface area (Å²) >= 11 is 0. The summed E-state index contributed by atoms with van der Waals surface area (Å²) in [6, 6.07) is 0. The lowest BCUT2D eigenvalue weighted by atomic mass is 9.98. The third-order valence-corrected chi connectivity index (χ3v) is 3.00. The zero-order valence-electron chi connectivity index (χ0n) is 9.51. The highest BCUT2D eigenvalue weighted by Gasteiger charge is 2.28. The number of amides is 1. The minimum atomic E-state index is -0.0501. The summed E-state index contributed by atoms with van der Waals surface area (Å²) in [4.78, 5) is 29.1. The molecular formula is C11H15N3O2. The molecule has 0 radical (unpaired) electrons. The van der Waals surface area contributed by atoms with E-state index in [4.69, 9.17) is 0 Å². The van der Waals surface area contributed by atoms with Crippen molar-refractivity contribution in [3.63, 3.8) is 0 Å². The van der Waals surface area contributed by atoms with E-state index in [2.05, 4.69) is 4.98 Å². The van der Waals surface area contributed by atoms with Crippen molar-refractivity contribution < 1.29 is 9.59 Å². The first-order chi connectivity index (χ1) is 7.59. The summed E-state index contributed by atoms with van der Waals surface area (Å²) in [5.74, 6) is 0.152. The number of hydrogen-bond acceptors (Lipinski definition) is 3. The zero-order valence-corrected chi connectivity index (χ0v) is 9.51. The molecule has 1 fully saturated rings. The second-order valence-corrected chi connectivity index (χ2v) is 4.26. The summed E-state index contributed by atoms with van der Waals surface area (Å²) in [6.07, 6.45) is 3.62. The Hall–Kier alpha value is -1.65. The molecule has 5 heteroatoms. The lowest BCUT2D eigenvalue weighted by Crippen LogP contribution is -2.43. The number of aryl methyl sites for hydroxylation is 1. The molecule has 5 nitrogen and oxygen atoms in total. The number of hydrogen-bond donors (Lipinski definition) is 0. The fourth-order valence-corrected chi connectivity index (χ4v) is 1.92. The molecule has 1 aromatic rings. The molecule has 1 aliphatic heterocycles. The molecule has 1 unspecified atom stereocenters. The molecule has 1 aliphatic rings. The van der Waals surface area contributed by atoms with Gasteiger partial charge in [0.15, 0.2) is 0 Å². The smallest absolute Gasteiger partial charge is 0.272 e. The Morgan fingerprint density at radius 3 is 2.88 bits per heavy atom. The number of rotatable bonds is 1. The number of likely N-dealkylation sites (tertiary alicyclic amines) is 1. The number of nitrogens with zero attached hydrogens (tertiary/aromatic N) is 3. The molecule has 1 saturated heterocycles. The van der Waals surface area contributed by atoms with Crippen LogP contribution in [0.5, 0.6) is 0 Å². The molecule has 0 saturated carbocycles. The minimum Gasteiger partial charge on any atom is -0.336 e. The fourth-order valence-electron chi connectivity index (χ4n) is 1.92. The predicted octanol–water partition coefficient (Wildman–Crippen LogP) is 0.471. The number of Topliss-reactive ketones (excluding diaryl/α,β-unsaturated/α-hetero) is 1. The van der Waals surface area contributed by atoms with Gasteiger partial charge in [-0.15, -0.1) is 0 Å². The third-order valence-electron chi connectivity index (χ3n) is 3.00. The molecule has 2 rings (SSSR count). The van der Waals surface area contributed by atoms with Gasteiger partial charge in [-0.05, 0) is 0 Å².